The zero-order valence-electron chi connectivity index (χ0n) is 25.8. The van der Waals surface area contributed by atoms with Crippen LogP contribution in [-0.2, 0) is 12.8 Å². The number of hydrogen-bond donors (Lipinski definition) is 0. The molecule has 3 aliphatic rings. The summed E-state index contributed by atoms with van der Waals surface area (Å²) in [5.74, 6) is 1.59. The molecule has 3 aliphatic carbocycles. The van der Waals surface area contributed by atoms with Crippen LogP contribution in [0.15, 0.2) is 140 Å². The van der Waals surface area contributed by atoms with Crippen LogP contribution in [0.3, 0.4) is 0 Å². The molecule has 3 unspecified atom stereocenters. The van der Waals surface area contributed by atoms with E-state index in [9.17, 15) is 0 Å². The summed E-state index contributed by atoms with van der Waals surface area (Å²) in [6.07, 6.45) is 10.5. The fraction of sp³-hybridized carbons (Fsp3) is 0.156. The molecule has 0 amide bonds. The molecular formula is C45H36. The smallest absolute Gasteiger partial charge is 0.0133 e. The van der Waals surface area contributed by atoms with Gasteiger partial charge in [0.25, 0.3) is 0 Å². The Morgan fingerprint density at radius 2 is 1.36 bits per heavy atom. The van der Waals surface area contributed by atoms with E-state index in [1.807, 2.05) is 6.08 Å². The lowest BCUT2D eigenvalue weighted by molar-refractivity contribution is 0.776. The second-order valence-electron chi connectivity index (χ2n) is 13.1. The van der Waals surface area contributed by atoms with Crippen LogP contribution in [0, 0.1) is 11.8 Å². The van der Waals surface area contributed by atoms with Crippen molar-refractivity contribution in [2.24, 2.45) is 11.8 Å². The van der Waals surface area contributed by atoms with Gasteiger partial charge in [-0.2, -0.15) is 0 Å². The summed E-state index contributed by atoms with van der Waals surface area (Å²) in [5, 5.41) is 5.39. The SMILES string of the molecule is C=Cc1cc(CC)cc(-c2c3ccccc3c(C3=CC(C4Cc5ccccc5-c5ccccc54)=CC4CC34)c3ccccc23)c1. The molecule has 0 spiro atoms. The fourth-order valence-corrected chi connectivity index (χ4v) is 8.38. The summed E-state index contributed by atoms with van der Waals surface area (Å²) >= 11 is 0. The highest BCUT2D eigenvalue weighted by molar-refractivity contribution is 6.19. The summed E-state index contributed by atoms with van der Waals surface area (Å²) in [7, 11) is 0. The minimum absolute atomic E-state index is 0.374. The van der Waals surface area contributed by atoms with Crippen LogP contribution in [0.1, 0.15) is 47.1 Å². The van der Waals surface area contributed by atoms with E-state index < -0.39 is 0 Å². The molecule has 6 aromatic rings. The molecule has 0 aromatic heterocycles. The Hall–Kier alpha value is -4.94. The Labute approximate surface area is 266 Å². The highest BCUT2D eigenvalue weighted by Gasteiger charge is 2.43. The average molecular weight is 577 g/mol. The van der Waals surface area contributed by atoms with Crippen LogP contribution >= 0.6 is 0 Å². The maximum absolute atomic E-state index is 4.11. The average Bonchev–Trinajstić information content (AvgIpc) is 3.89. The first-order chi connectivity index (χ1) is 22.2. The summed E-state index contributed by atoms with van der Waals surface area (Å²) in [5.41, 5.74) is 15.3. The van der Waals surface area contributed by atoms with E-state index in [0.717, 1.165) is 12.8 Å². The van der Waals surface area contributed by atoms with E-state index in [1.165, 1.54) is 89.2 Å². The normalized spacial score (nSPS) is 19.7. The van der Waals surface area contributed by atoms with Gasteiger partial charge in [-0.25, -0.2) is 0 Å². The van der Waals surface area contributed by atoms with Gasteiger partial charge in [-0.1, -0.05) is 141 Å². The van der Waals surface area contributed by atoms with Crippen LogP contribution < -0.4 is 0 Å². The fourth-order valence-electron chi connectivity index (χ4n) is 8.38. The predicted octanol–water partition coefficient (Wildman–Crippen LogP) is 11.8. The molecule has 0 saturated heterocycles. The van der Waals surface area contributed by atoms with Gasteiger partial charge in [0.1, 0.15) is 0 Å². The molecule has 9 rings (SSSR count). The highest BCUT2D eigenvalue weighted by Crippen LogP contribution is 2.57. The largest absolute Gasteiger partial charge is 0.0985 e. The van der Waals surface area contributed by atoms with Crippen molar-refractivity contribution < 1.29 is 0 Å². The molecule has 45 heavy (non-hydrogen) atoms. The van der Waals surface area contributed by atoms with Crippen molar-refractivity contribution in [1.82, 2.24) is 0 Å². The van der Waals surface area contributed by atoms with Crippen molar-refractivity contribution in [2.75, 3.05) is 0 Å². The minimum Gasteiger partial charge on any atom is -0.0985 e. The van der Waals surface area contributed by atoms with Crippen molar-refractivity contribution in [1.29, 1.82) is 0 Å². The Morgan fingerprint density at radius 1 is 0.711 bits per heavy atom. The van der Waals surface area contributed by atoms with Gasteiger partial charge >= 0.3 is 0 Å². The molecule has 0 aliphatic heterocycles. The van der Waals surface area contributed by atoms with E-state index in [2.05, 4.69) is 141 Å². The van der Waals surface area contributed by atoms with E-state index in [-0.39, 0.29) is 0 Å². The second-order valence-corrected chi connectivity index (χ2v) is 13.1. The van der Waals surface area contributed by atoms with Crippen molar-refractivity contribution in [3.8, 4) is 22.3 Å². The number of allylic oxidation sites excluding steroid dienone is 4. The lowest BCUT2D eigenvalue weighted by atomic mass is 9.73. The van der Waals surface area contributed by atoms with Crippen LogP contribution in [0.25, 0.3) is 55.4 Å². The van der Waals surface area contributed by atoms with Crippen molar-refractivity contribution in [3.05, 3.63) is 167 Å². The topological polar surface area (TPSA) is 0 Å². The number of fused-ring (bicyclic) bond motifs is 6. The third kappa shape index (κ3) is 4.20. The van der Waals surface area contributed by atoms with Crippen LogP contribution in [0.2, 0.25) is 0 Å². The minimum atomic E-state index is 0.374. The Morgan fingerprint density at radius 3 is 2.07 bits per heavy atom. The molecular weight excluding hydrogens is 540 g/mol. The lowest BCUT2D eigenvalue weighted by Gasteiger charge is -2.30. The quantitative estimate of drug-likeness (QED) is 0.179. The highest BCUT2D eigenvalue weighted by atomic mass is 14.5. The first-order valence-electron chi connectivity index (χ1n) is 16.5. The molecule has 1 saturated carbocycles. The van der Waals surface area contributed by atoms with Crippen molar-refractivity contribution >= 4 is 33.2 Å². The van der Waals surface area contributed by atoms with E-state index in [1.54, 1.807) is 0 Å². The first kappa shape index (κ1) is 26.5. The molecule has 0 heterocycles. The Bertz CT molecular complexity index is 2180. The predicted molar refractivity (Wildman–Crippen MR) is 192 cm³/mol. The van der Waals surface area contributed by atoms with Gasteiger partial charge in [0, 0.05) is 5.92 Å². The van der Waals surface area contributed by atoms with Crippen molar-refractivity contribution in [2.45, 2.75) is 32.1 Å². The Kier molecular flexibility index (Phi) is 6.07. The Balaban J connectivity index is 1.27. The van der Waals surface area contributed by atoms with Gasteiger partial charge in [0.2, 0.25) is 0 Å². The standard InChI is InChI=1S/C45H36/c1-3-28-21-29(4-2)23-33(22-28)44-37-17-9-11-19-39(37)45(40-20-12-10-18-38(40)44)43-27-32(24-31-26-42(31)43)41-25-30-13-5-6-14-34(30)35-15-7-8-16-36(35)41/h3,5-24,27,31,41-42H,1,4,25-26H2,2H3. The molecule has 0 N–H and O–H groups in total. The molecule has 3 atom stereocenters. The first-order valence-corrected chi connectivity index (χ1v) is 16.5. The molecule has 0 bridgehead atoms. The lowest BCUT2D eigenvalue weighted by Crippen LogP contribution is -2.14. The molecule has 1 fully saturated rings. The van der Waals surface area contributed by atoms with Crippen LogP contribution in [0.5, 0.6) is 0 Å². The third-order valence-electron chi connectivity index (χ3n) is 10.6. The number of hydrogen-bond acceptors (Lipinski definition) is 0. The summed E-state index contributed by atoms with van der Waals surface area (Å²) < 4.78 is 0. The molecule has 6 aromatic carbocycles. The molecule has 0 radical (unpaired) electrons. The van der Waals surface area contributed by atoms with Gasteiger partial charge in [-0.05, 0) is 120 Å². The molecule has 0 nitrogen and oxygen atoms in total. The summed E-state index contributed by atoms with van der Waals surface area (Å²) in [4.78, 5) is 0. The van der Waals surface area contributed by atoms with E-state index >= 15 is 0 Å². The number of rotatable bonds is 5. The molecule has 0 heteroatoms. The van der Waals surface area contributed by atoms with Crippen molar-refractivity contribution in [3.63, 3.8) is 0 Å². The van der Waals surface area contributed by atoms with Crippen LogP contribution in [-0.4, -0.2) is 0 Å². The van der Waals surface area contributed by atoms with E-state index in [4.69, 9.17) is 0 Å². The van der Waals surface area contributed by atoms with Gasteiger partial charge < -0.3 is 0 Å². The van der Waals surface area contributed by atoms with Gasteiger partial charge in [-0.3, -0.25) is 0 Å². The zero-order chi connectivity index (χ0) is 30.1. The zero-order valence-corrected chi connectivity index (χ0v) is 25.8. The van der Waals surface area contributed by atoms with Gasteiger partial charge in [0.05, 0.1) is 0 Å². The van der Waals surface area contributed by atoms with E-state index in [0.29, 0.717) is 17.8 Å². The second kappa shape index (κ2) is 10.3. The molecule has 216 valence electrons. The van der Waals surface area contributed by atoms with Crippen LogP contribution in [0.4, 0.5) is 0 Å². The maximum atomic E-state index is 4.11. The summed E-state index contributed by atoms with van der Waals surface area (Å²) in [6.45, 7) is 6.35. The van der Waals surface area contributed by atoms with Gasteiger partial charge in [0.15, 0.2) is 0 Å². The monoisotopic (exact) mass is 576 g/mol. The van der Waals surface area contributed by atoms with Gasteiger partial charge in [-0.15, -0.1) is 0 Å². The maximum Gasteiger partial charge on any atom is 0.0133 e. The number of benzene rings is 6. The third-order valence-corrected chi connectivity index (χ3v) is 10.6. The summed E-state index contributed by atoms with van der Waals surface area (Å²) in [6, 6.07) is 43.3. The number of aryl methyl sites for hydroxylation is 1.